The van der Waals surface area contributed by atoms with Crippen molar-refractivity contribution in [1.82, 2.24) is 0 Å². The van der Waals surface area contributed by atoms with Crippen molar-refractivity contribution in [2.45, 2.75) is 26.2 Å². The van der Waals surface area contributed by atoms with Crippen LogP contribution in [0.4, 0.5) is 0 Å². The number of hydrogen-bond acceptors (Lipinski definition) is 3. The van der Waals surface area contributed by atoms with Crippen molar-refractivity contribution in [2.75, 3.05) is 6.61 Å². The maximum Gasteiger partial charge on any atom is 0.326 e. The second kappa shape index (κ2) is 2.73. The summed E-state index contributed by atoms with van der Waals surface area (Å²) in [7, 11) is 0. The lowest BCUT2D eigenvalue weighted by Gasteiger charge is -2.06. The molecule has 13 heavy (non-hydrogen) atoms. The molecule has 0 bridgehead atoms. The molecule has 0 radical (unpaired) electrons. The molecule has 2 rings (SSSR count). The molecule has 0 heterocycles. The quantitative estimate of drug-likeness (QED) is 0.617. The molecule has 70 valence electrons. The van der Waals surface area contributed by atoms with Crippen LogP contribution in [0.5, 0.6) is 0 Å². The van der Waals surface area contributed by atoms with Crippen LogP contribution in [-0.4, -0.2) is 12.6 Å². The molecule has 0 amide bonds. The molecule has 0 aliphatic heterocycles. The van der Waals surface area contributed by atoms with Crippen LogP contribution in [0.3, 0.4) is 0 Å². The normalized spacial score (nSPS) is 36.5. The van der Waals surface area contributed by atoms with Crippen molar-refractivity contribution in [3.63, 3.8) is 0 Å². The van der Waals surface area contributed by atoms with E-state index < -0.39 is 5.41 Å². The van der Waals surface area contributed by atoms with Gasteiger partial charge in [0, 0.05) is 0 Å². The summed E-state index contributed by atoms with van der Waals surface area (Å²) in [6, 6.07) is 2.13. The highest BCUT2D eigenvalue weighted by Crippen LogP contribution is 2.63. The van der Waals surface area contributed by atoms with Gasteiger partial charge in [-0.25, -0.2) is 0 Å². The Morgan fingerprint density at radius 1 is 1.69 bits per heavy atom. The van der Waals surface area contributed by atoms with Crippen LogP contribution in [0.1, 0.15) is 26.2 Å². The van der Waals surface area contributed by atoms with E-state index in [1.165, 1.54) is 12.8 Å². The third-order valence-electron chi connectivity index (χ3n) is 3.04. The Bertz CT molecular complexity index is 277. The summed E-state index contributed by atoms with van der Waals surface area (Å²) < 4.78 is 4.91. The van der Waals surface area contributed by atoms with Gasteiger partial charge in [-0.3, -0.25) is 4.79 Å². The SMILES string of the molecule is CCOC(=O)[C@@]1(C#N)C[C@@H]1C1CC1. The minimum absolute atomic E-state index is 0.297. The fraction of sp³-hybridized carbons (Fsp3) is 0.800. The number of nitrogens with zero attached hydrogens (tertiary/aromatic N) is 1. The molecule has 0 saturated heterocycles. The molecule has 0 N–H and O–H groups in total. The van der Waals surface area contributed by atoms with Crippen LogP contribution < -0.4 is 0 Å². The lowest BCUT2D eigenvalue weighted by atomic mass is 10.0. The van der Waals surface area contributed by atoms with Gasteiger partial charge in [-0.05, 0) is 38.0 Å². The number of carbonyl (C=O) groups excluding carboxylic acids is 1. The van der Waals surface area contributed by atoms with E-state index in [-0.39, 0.29) is 5.97 Å². The van der Waals surface area contributed by atoms with Gasteiger partial charge in [-0.15, -0.1) is 0 Å². The Hall–Kier alpha value is -1.04. The Labute approximate surface area is 77.7 Å². The van der Waals surface area contributed by atoms with Crippen LogP contribution in [0, 0.1) is 28.6 Å². The monoisotopic (exact) mass is 179 g/mol. The predicted molar refractivity (Wildman–Crippen MR) is 45.5 cm³/mol. The first kappa shape index (κ1) is 8.55. The Balaban J connectivity index is 2.02. The van der Waals surface area contributed by atoms with Crippen molar-refractivity contribution in [1.29, 1.82) is 5.26 Å². The topological polar surface area (TPSA) is 50.1 Å². The lowest BCUT2D eigenvalue weighted by molar-refractivity contribution is -0.148. The molecule has 2 aliphatic carbocycles. The molecule has 0 spiro atoms. The first-order valence-corrected chi connectivity index (χ1v) is 4.83. The first-order valence-electron chi connectivity index (χ1n) is 4.83. The van der Waals surface area contributed by atoms with Gasteiger partial charge in [0.15, 0.2) is 5.41 Å². The highest BCUT2D eigenvalue weighted by molar-refractivity contribution is 5.84. The van der Waals surface area contributed by atoms with Crippen molar-refractivity contribution in [3.8, 4) is 6.07 Å². The summed E-state index contributed by atoms with van der Waals surface area (Å²) >= 11 is 0. The third kappa shape index (κ3) is 1.21. The highest BCUT2D eigenvalue weighted by atomic mass is 16.5. The van der Waals surface area contributed by atoms with Crippen LogP contribution >= 0.6 is 0 Å². The van der Waals surface area contributed by atoms with Gasteiger partial charge < -0.3 is 4.74 Å². The standard InChI is InChI=1S/C10H13NO2/c1-2-13-9(12)10(6-11)5-8(10)7-3-4-7/h7-8H,2-5H2,1H3/t8-,10-/m1/s1. The zero-order valence-corrected chi connectivity index (χ0v) is 7.75. The zero-order chi connectivity index (χ0) is 9.47. The Kier molecular flexibility index (Phi) is 1.80. The molecule has 2 atom stereocenters. The van der Waals surface area contributed by atoms with Crippen molar-refractivity contribution in [2.24, 2.45) is 17.3 Å². The second-order valence-electron chi connectivity index (χ2n) is 3.95. The summed E-state index contributed by atoms with van der Waals surface area (Å²) in [6.07, 6.45) is 3.11. The molecule has 3 heteroatoms. The Morgan fingerprint density at radius 2 is 2.38 bits per heavy atom. The Morgan fingerprint density at radius 3 is 2.85 bits per heavy atom. The number of hydrogen-bond donors (Lipinski definition) is 0. The summed E-state index contributed by atoms with van der Waals surface area (Å²) in [6.45, 7) is 2.15. The van der Waals surface area contributed by atoms with Gasteiger partial charge in [0.1, 0.15) is 0 Å². The van der Waals surface area contributed by atoms with E-state index in [2.05, 4.69) is 6.07 Å². The molecule has 3 nitrogen and oxygen atoms in total. The van der Waals surface area contributed by atoms with Gasteiger partial charge in [0.25, 0.3) is 0 Å². The summed E-state index contributed by atoms with van der Waals surface area (Å²) in [4.78, 5) is 11.5. The fourth-order valence-electron chi connectivity index (χ4n) is 2.02. The smallest absolute Gasteiger partial charge is 0.326 e. The average molecular weight is 179 g/mol. The predicted octanol–water partition coefficient (Wildman–Crippen LogP) is 1.49. The van der Waals surface area contributed by atoms with Gasteiger partial charge in [0.05, 0.1) is 12.7 Å². The van der Waals surface area contributed by atoms with E-state index in [0.717, 1.165) is 6.42 Å². The van der Waals surface area contributed by atoms with E-state index in [1.807, 2.05) is 0 Å². The van der Waals surface area contributed by atoms with Gasteiger partial charge >= 0.3 is 5.97 Å². The number of ether oxygens (including phenoxy) is 1. The summed E-state index contributed by atoms with van der Waals surface area (Å²) in [5, 5.41) is 8.95. The van der Waals surface area contributed by atoms with Gasteiger partial charge in [0.2, 0.25) is 0 Å². The summed E-state index contributed by atoms with van der Waals surface area (Å²) in [5.41, 5.74) is -0.753. The van der Waals surface area contributed by atoms with Crippen molar-refractivity contribution < 1.29 is 9.53 Å². The minimum Gasteiger partial charge on any atom is -0.465 e. The highest BCUT2D eigenvalue weighted by Gasteiger charge is 2.66. The number of rotatable bonds is 3. The van der Waals surface area contributed by atoms with E-state index in [1.54, 1.807) is 6.92 Å². The largest absolute Gasteiger partial charge is 0.465 e. The van der Waals surface area contributed by atoms with E-state index >= 15 is 0 Å². The minimum atomic E-state index is -0.753. The van der Waals surface area contributed by atoms with E-state index in [0.29, 0.717) is 18.4 Å². The number of esters is 1. The molecule has 2 saturated carbocycles. The molecular weight excluding hydrogens is 166 g/mol. The zero-order valence-electron chi connectivity index (χ0n) is 7.75. The van der Waals surface area contributed by atoms with Crippen molar-refractivity contribution >= 4 is 5.97 Å². The molecule has 2 aliphatic rings. The second-order valence-corrected chi connectivity index (χ2v) is 3.95. The third-order valence-corrected chi connectivity index (χ3v) is 3.04. The number of nitriles is 1. The summed E-state index contributed by atoms with van der Waals surface area (Å²) in [5.74, 6) is 0.634. The van der Waals surface area contributed by atoms with Gasteiger partial charge in [-0.2, -0.15) is 5.26 Å². The maximum atomic E-state index is 11.5. The van der Waals surface area contributed by atoms with Crippen LogP contribution in [0.2, 0.25) is 0 Å². The molecule has 0 aromatic heterocycles. The molecule has 0 aromatic rings. The number of carbonyl (C=O) groups is 1. The van der Waals surface area contributed by atoms with E-state index in [9.17, 15) is 4.79 Å². The molecular formula is C10H13NO2. The average Bonchev–Trinajstić information content (AvgIpc) is 2.99. The molecule has 2 fully saturated rings. The van der Waals surface area contributed by atoms with Crippen LogP contribution in [-0.2, 0) is 9.53 Å². The van der Waals surface area contributed by atoms with E-state index in [4.69, 9.17) is 10.00 Å². The van der Waals surface area contributed by atoms with Crippen LogP contribution in [0.25, 0.3) is 0 Å². The molecule has 0 unspecified atom stereocenters. The first-order chi connectivity index (χ1) is 6.24. The fourth-order valence-corrected chi connectivity index (χ4v) is 2.02. The van der Waals surface area contributed by atoms with Crippen LogP contribution in [0.15, 0.2) is 0 Å². The lowest BCUT2D eigenvalue weighted by Crippen LogP contribution is -2.20. The maximum absolute atomic E-state index is 11.5. The molecule has 0 aromatic carbocycles. The van der Waals surface area contributed by atoms with Crippen molar-refractivity contribution in [3.05, 3.63) is 0 Å². The van der Waals surface area contributed by atoms with Gasteiger partial charge in [-0.1, -0.05) is 0 Å².